The van der Waals surface area contributed by atoms with E-state index in [1.165, 1.54) is 4.90 Å². The summed E-state index contributed by atoms with van der Waals surface area (Å²) >= 11 is 0. The van der Waals surface area contributed by atoms with E-state index in [-0.39, 0.29) is 19.1 Å². The van der Waals surface area contributed by atoms with Crippen LogP contribution in [0, 0.1) is 13.8 Å². The maximum atomic E-state index is 13.0. The molecule has 126 valence electrons. The molecule has 1 unspecified atom stereocenters. The number of benzene rings is 1. The van der Waals surface area contributed by atoms with Crippen molar-refractivity contribution in [3.8, 4) is 11.3 Å². The fourth-order valence-electron chi connectivity index (χ4n) is 2.82. The van der Waals surface area contributed by atoms with Crippen molar-refractivity contribution in [2.24, 2.45) is 0 Å². The average molecular weight is 329 g/mol. The Morgan fingerprint density at radius 1 is 1.21 bits per heavy atom. The van der Waals surface area contributed by atoms with Crippen LogP contribution in [0.25, 0.3) is 11.3 Å². The van der Waals surface area contributed by atoms with Gasteiger partial charge in [-0.2, -0.15) is 0 Å². The lowest BCUT2D eigenvalue weighted by atomic mass is 10.0. The number of carboxylic acids is 1. The molecule has 0 radical (unpaired) electrons. The molecule has 1 aromatic heterocycles. The highest BCUT2D eigenvalue weighted by Crippen LogP contribution is 2.32. The molecule has 1 fully saturated rings. The van der Waals surface area contributed by atoms with Gasteiger partial charge in [0.2, 0.25) is 0 Å². The standard InChI is InChI=1S/C18H19NO5/c1-11-12(2)24-16(13-6-4-3-5-7-13)15(11)17(20)19-8-9-23-14(10-19)18(21)22/h3-7,14H,8-10H2,1-2H3,(H,21,22). The lowest BCUT2D eigenvalue weighted by Crippen LogP contribution is -2.48. The number of furan rings is 1. The van der Waals surface area contributed by atoms with Crippen LogP contribution < -0.4 is 0 Å². The fraction of sp³-hybridized carbons (Fsp3) is 0.333. The van der Waals surface area contributed by atoms with E-state index in [0.717, 1.165) is 11.1 Å². The lowest BCUT2D eigenvalue weighted by molar-refractivity contribution is -0.154. The van der Waals surface area contributed by atoms with Gasteiger partial charge in [-0.25, -0.2) is 4.79 Å². The fourth-order valence-corrected chi connectivity index (χ4v) is 2.82. The molecule has 24 heavy (non-hydrogen) atoms. The molecule has 0 aliphatic carbocycles. The van der Waals surface area contributed by atoms with E-state index in [2.05, 4.69) is 0 Å². The molecular weight excluding hydrogens is 310 g/mol. The number of carboxylic acid groups (broad SMARTS) is 1. The highest BCUT2D eigenvalue weighted by molar-refractivity contribution is 6.01. The molecule has 6 heteroatoms. The number of hydrogen-bond acceptors (Lipinski definition) is 4. The van der Waals surface area contributed by atoms with Crippen molar-refractivity contribution in [3.63, 3.8) is 0 Å². The minimum atomic E-state index is -1.06. The third-order valence-corrected chi connectivity index (χ3v) is 4.26. The van der Waals surface area contributed by atoms with E-state index in [4.69, 9.17) is 14.3 Å². The van der Waals surface area contributed by atoms with Gasteiger partial charge in [0.1, 0.15) is 11.5 Å². The summed E-state index contributed by atoms with van der Waals surface area (Å²) in [6, 6.07) is 9.42. The predicted molar refractivity (Wildman–Crippen MR) is 86.9 cm³/mol. The molecule has 0 spiro atoms. The molecule has 0 saturated carbocycles. The van der Waals surface area contributed by atoms with Gasteiger partial charge in [-0.05, 0) is 13.8 Å². The zero-order valence-corrected chi connectivity index (χ0v) is 13.6. The number of aliphatic carboxylic acids is 1. The van der Waals surface area contributed by atoms with Crippen molar-refractivity contribution in [2.75, 3.05) is 19.7 Å². The molecule has 2 heterocycles. The van der Waals surface area contributed by atoms with Gasteiger partial charge in [0.15, 0.2) is 6.10 Å². The van der Waals surface area contributed by atoms with Crippen molar-refractivity contribution in [1.29, 1.82) is 0 Å². The first-order chi connectivity index (χ1) is 11.5. The zero-order chi connectivity index (χ0) is 17.3. The summed E-state index contributed by atoms with van der Waals surface area (Å²) in [5.74, 6) is -0.0807. The molecule has 1 N–H and O–H groups in total. The van der Waals surface area contributed by atoms with Gasteiger partial charge in [0.05, 0.1) is 18.7 Å². The Hall–Kier alpha value is -2.60. The van der Waals surface area contributed by atoms with E-state index < -0.39 is 12.1 Å². The molecule has 2 aromatic rings. The quantitative estimate of drug-likeness (QED) is 0.936. The number of morpholine rings is 1. The topological polar surface area (TPSA) is 80.0 Å². The number of nitrogens with zero attached hydrogens (tertiary/aromatic N) is 1. The van der Waals surface area contributed by atoms with Gasteiger partial charge >= 0.3 is 5.97 Å². The van der Waals surface area contributed by atoms with Crippen LogP contribution in [0.4, 0.5) is 0 Å². The first-order valence-electron chi connectivity index (χ1n) is 7.78. The number of aryl methyl sites for hydroxylation is 1. The number of amides is 1. The molecule has 1 aromatic carbocycles. The minimum absolute atomic E-state index is 0.0338. The summed E-state index contributed by atoms with van der Waals surface area (Å²) in [6.07, 6.45) is -0.990. The first kappa shape index (κ1) is 16.3. The van der Waals surface area contributed by atoms with Crippen molar-refractivity contribution in [2.45, 2.75) is 20.0 Å². The van der Waals surface area contributed by atoms with Gasteiger partial charge in [-0.1, -0.05) is 30.3 Å². The van der Waals surface area contributed by atoms with Gasteiger partial charge in [0, 0.05) is 17.7 Å². The number of rotatable bonds is 3. The molecule has 1 atom stereocenters. The Morgan fingerprint density at radius 3 is 2.58 bits per heavy atom. The van der Waals surface area contributed by atoms with Crippen molar-refractivity contribution in [1.82, 2.24) is 4.90 Å². The Labute approximate surface area is 139 Å². The van der Waals surface area contributed by atoms with Crippen LogP contribution in [0.2, 0.25) is 0 Å². The van der Waals surface area contributed by atoms with Crippen LogP contribution in [0.1, 0.15) is 21.7 Å². The second-order valence-corrected chi connectivity index (χ2v) is 5.80. The van der Waals surface area contributed by atoms with Crippen LogP contribution in [0.5, 0.6) is 0 Å². The number of ether oxygens (including phenoxy) is 1. The van der Waals surface area contributed by atoms with E-state index in [9.17, 15) is 9.59 Å². The van der Waals surface area contributed by atoms with Crippen LogP contribution in [-0.4, -0.2) is 47.7 Å². The van der Waals surface area contributed by atoms with Crippen LogP contribution in [0.3, 0.4) is 0 Å². The predicted octanol–water partition coefficient (Wildman–Crippen LogP) is 2.49. The molecule has 6 nitrogen and oxygen atoms in total. The molecular formula is C18H19NO5. The van der Waals surface area contributed by atoms with Gasteiger partial charge in [-0.15, -0.1) is 0 Å². The van der Waals surface area contributed by atoms with Gasteiger partial charge in [-0.3, -0.25) is 4.79 Å². The Kier molecular flexibility index (Phi) is 4.40. The number of carbonyl (C=O) groups excluding carboxylic acids is 1. The van der Waals surface area contributed by atoms with Gasteiger partial charge < -0.3 is 19.2 Å². The Morgan fingerprint density at radius 2 is 1.92 bits per heavy atom. The zero-order valence-electron chi connectivity index (χ0n) is 13.6. The van der Waals surface area contributed by atoms with Crippen molar-refractivity contribution < 1.29 is 23.8 Å². The van der Waals surface area contributed by atoms with Crippen molar-refractivity contribution >= 4 is 11.9 Å². The smallest absolute Gasteiger partial charge is 0.334 e. The summed E-state index contributed by atoms with van der Waals surface area (Å²) in [6.45, 7) is 4.26. The minimum Gasteiger partial charge on any atom is -0.479 e. The molecule has 1 amide bonds. The van der Waals surface area contributed by atoms with Crippen LogP contribution in [-0.2, 0) is 9.53 Å². The normalized spacial score (nSPS) is 17.8. The summed E-state index contributed by atoms with van der Waals surface area (Å²) in [7, 11) is 0. The SMILES string of the molecule is Cc1oc(-c2ccccc2)c(C(=O)N2CCOC(C(=O)O)C2)c1C. The maximum Gasteiger partial charge on any atom is 0.334 e. The molecule has 1 aliphatic heterocycles. The third kappa shape index (κ3) is 2.92. The van der Waals surface area contributed by atoms with E-state index >= 15 is 0 Å². The molecule has 1 aliphatic rings. The maximum absolute atomic E-state index is 13.0. The summed E-state index contributed by atoms with van der Waals surface area (Å²) < 4.78 is 11.0. The second-order valence-electron chi connectivity index (χ2n) is 5.80. The lowest BCUT2D eigenvalue weighted by Gasteiger charge is -2.31. The van der Waals surface area contributed by atoms with Crippen molar-refractivity contribution in [3.05, 3.63) is 47.2 Å². The van der Waals surface area contributed by atoms with Crippen LogP contribution >= 0.6 is 0 Å². The average Bonchev–Trinajstić information content (AvgIpc) is 2.90. The van der Waals surface area contributed by atoms with E-state index in [0.29, 0.717) is 23.6 Å². The largest absolute Gasteiger partial charge is 0.479 e. The number of carbonyl (C=O) groups is 2. The highest BCUT2D eigenvalue weighted by Gasteiger charge is 2.32. The highest BCUT2D eigenvalue weighted by atomic mass is 16.5. The van der Waals surface area contributed by atoms with E-state index in [1.807, 2.05) is 44.2 Å². The molecule has 1 saturated heterocycles. The third-order valence-electron chi connectivity index (χ3n) is 4.26. The summed E-state index contributed by atoms with van der Waals surface area (Å²) in [5.41, 5.74) is 2.09. The van der Waals surface area contributed by atoms with Crippen LogP contribution in [0.15, 0.2) is 34.7 Å². The summed E-state index contributed by atoms with van der Waals surface area (Å²) in [5, 5.41) is 9.12. The first-order valence-corrected chi connectivity index (χ1v) is 7.78. The van der Waals surface area contributed by atoms with E-state index in [1.54, 1.807) is 0 Å². The second kappa shape index (κ2) is 6.49. The number of hydrogen-bond donors (Lipinski definition) is 1. The molecule has 0 bridgehead atoms. The Balaban J connectivity index is 1.97. The van der Waals surface area contributed by atoms with Gasteiger partial charge in [0.25, 0.3) is 5.91 Å². The molecule has 3 rings (SSSR count). The Bertz CT molecular complexity index is 765. The monoisotopic (exact) mass is 329 g/mol. The summed E-state index contributed by atoms with van der Waals surface area (Å²) in [4.78, 5) is 25.7.